The Balaban J connectivity index is 2.08. The van der Waals surface area contributed by atoms with Crippen molar-refractivity contribution in [2.75, 3.05) is 0 Å². The lowest BCUT2D eigenvalue weighted by Gasteiger charge is -2.17. The minimum Gasteiger partial charge on any atom is -0.348 e. The molecule has 0 spiro atoms. The first-order valence-electron chi connectivity index (χ1n) is 6.42. The van der Waals surface area contributed by atoms with Crippen LogP contribution in [0.4, 0.5) is 13.2 Å². The summed E-state index contributed by atoms with van der Waals surface area (Å²) in [5, 5.41) is 2.58. The number of carbonyl (C=O) groups is 1. The number of carbonyl (C=O) groups excluding carboxylic acids is 1. The number of nitrogens with one attached hydrogen (secondary N) is 1. The van der Waals surface area contributed by atoms with Gasteiger partial charge in [-0.05, 0) is 47.0 Å². The van der Waals surface area contributed by atoms with Crippen LogP contribution in [0.2, 0.25) is 4.34 Å². The van der Waals surface area contributed by atoms with Gasteiger partial charge in [0, 0.05) is 10.5 Å². The van der Waals surface area contributed by atoms with Crippen LogP contribution in [-0.2, 0) is 12.6 Å². The molecule has 0 bridgehead atoms. The van der Waals surface area contributed by atoms with Crippen LogP contribution in [0.1, 0.15) is 20.8 Å². The standard InChI is InChI=1S/C15H11BrClF3NOS/c1-8(21-14(22)12-7-11(16)13(17)23-12)6-9-4-2-3-5-10(9)15(18,19)20/h2-5,7-8H,1,6H2,(H,21,22). The summed E-state index contributed by atoms with van der Waals surface area (Å²) in [6.45, 7) is 3.71. The third-order valence-corrected chi connectivity index (χ3v) is 5.47. The van der Waals surface area contributed by atoms with Crippen LogP contribution in [0.25, 0.3) is 0 Å². The van der Waals surface area contributed by atoms with Crippen LogP contribution in [-0.4, -0.2) is 11.9 Å². The van der Waals surface area contributed by atoms with E-state index in [0.717, 1.165) is 17.4 Å². The zero-order valence-corrected chi connectivity index (χ0v) is 14.7. The molecule has 0 aliphatic carbocycles. The molecule has 1 amide bonds. The first-order valence-corrected chi connectivity index (χ1v) is 8.41. The molecule has 1 atom stereocenters. The molecule has 2 aromatic rings. The number of amides is 1. The summed E-state index contributed by atoms with van der Waals surface area (Å²) in [4.78, 5) is 12.4. The Morgan fingerprint density at radius 2 is 2.04 bits per heavy atom. The topological polar surface area (TPSA) is 29.1 Å². The predicted molar refractivity (Wildman–Crippen MR) is 88.8 cm³/mol. The molecule has 1 N–H and O–H groups in total. The molecule has 1 aromatic heterocycles. The minimum absolute atomic E-state index is 0.0261. The van der Waals surface area contributed by atoms with Crippen molar-refractivity contribution >= 4 is 44.8 Å². The van der Waals surface area contributed by atoms with Crippen LogP contribution >= 0.6 is 38.9 Å². The fourth-order valence-corrected chi connectivity index (χ4v) is 3.61. The summed E-state index contributed by atoms with van der Waals surface area (Å²) in [7, 11) is 0. The molecule has 0 saturated carbocycles. The number of alkyl halides is 3. The molecule has 23 heavy (non-hydrogen) atoms. The Morgan fingerprint density at radius 3 is 2.61 bits per heavy atom. The quantitative estimate of drug-likeness (QED) is 0.702. The average molecular weight is 426 g/mol. The van der Waals surface area contributed by atoms with Gasteiger partial charge in [0.05, 0.1) is 10.4 Å². The van der Waals surface area contributed by atoms with Crippen molar-refractivity contribution in [3.8, 4) is 0 Å². The van der Waals surface area contributed by atoms with Gasteiger partial charge in [0.25, 0.3) is 5.91 Å². The van der Waals surface area contributed by atoms with E-state index in [4.69, 9.17) is 11.6 Å². The van der Waals surface area contributed by atoms with Gasteiger partial charge in [0.15, 0.2) is 0 Å². The van der Waals surface area contributed by atoms with Crippen molar-refractivity contribution in [3.63, 3.8) is 0 Å². The van der Waals surface area contributed by atoms with Crippen LogP contribution < -0.4 is 5.32 Å². The van der Waals surface area contributed by atoms with Gasteiger partial charge in [0.1, 0.15) is 4.34 Å². The van der Waals surface area contributed by atoms with Crippen LogP contribution in [0.5, 0.6) is 0 Å². The van der Waals surface area contributed by atoms with Crippen molar-refractivity contribution in [1.82, 2.24) is 5.32 Å². The first-order chi connectivity index (χ1) is 10.7. The Morgan fingerprint density at radius 1 is 1.39 bits per heavy atom. The van der Waals surface area contributed by atoms with Crippen molar-refractivity contribution in [1.29, 1.82) is 0 Å². The van der Waals surface area contributed by atoms with Crippen LogP contribution in [0.3, 0.4) is 0 Å². The predicted octanol–water partition coefficient (Wildman–Crippen LogP) is 5.36. The van der Waals surface area contributed by atoms with Gasteiger partial charge in [-0.3, -0.25) is 4.79 Å². The third-order valence-electron chi connectivity index (χ3n) is 2.99. The summed E-state index contributed by atoms with van der Waals surface area (Å²) in [5.74, 6) is -0.424. The maximum atomic E-state index is 12.9. The van der Waals surface area contributed by atoms with Gasteiger partial charge < -0.3 is 5.32 Å². The number of hydrogen-bond donors (Lipinski definition) is 1. The molecule has 0 saturated heterocycles. The Kier molecular flexibility index (Phi) is 5.75. The second kappa shape index (κ2) is 7.23. The highest BCUT2D eigenvalue weighted by Gasteiger charge is 2.33. The van der Waals surface area contributed by atoms with Crippen molar-refractivity contribution in [3.05, 3.63) is 62.1 Å². The number of thiophene rings is 1. The molecule has 0 aliphatic heterocycles. The summed E-state index contributed by atoms with van der Waals surface area (Å²) in [5.41, 5.74) is -0.629. The average Bonchev–Trinajstić information content (AvgIpc) is 2.78. The zero-order chi connectivity index (χ0) is 17.2. The highest BCUT2D eigenvalue weighted by molar-refractivity contribution is 9.10. The third kappa shape index (κ3) is 4.71. The summed E-state index contributed by atoms with van der Waals surface area (Å²) in [6.07, 6.45) is -4.46. The van der Waals surface area contributed by atoms with Gasteiger partial charge >= 0.3 is 6.18 Å². The highest BCUT2D eigenvalue weighted by Crippen LogP contribution is 2.33. The van der Waals surface area contributed by atoms with Crippen LogP contribution in [0.15, 0.2) is 34.8 Å². The lowest BCUT2D eigenvalue weighted by molar-refractivity contribution is -0.138. The molecular weight excluding hydrogens is 415 g/mol. The largest absolute Gasteiger partial charge is 0.416 e. The Bertz CT molecular complexity index is 697. The van der Waals surface area contributed by atoms with Crippen molar-refractivity contribution in [2.45, 2.75) is 18.6 Å². The lowest BCUT2D eigenvalue weighted by atomic mass is 10.0. The second-order valence-electron chi connectivity index (χ2n) is 4.76. The monoisotopic (exact) mass is 424 g/mol. The molecule has 1 heterocycles. The van der Waals surface area contributed by atoms with E-state index >= 15 is 0 Å². The summed E-state index contributed by atoms with van der Waals surface area (Å²) >= 11 is 10.1. The van der Waals surface area contributed by atoms with Gasteiger partial charge in [-0.15, -0.1) is 11.3 Å². The highest BCUT2D eigenvalue weighted by atomic mass is 79.9. The van der Waals surface area contributed by atoms with Gasteiger partial charge in [-0.25, -0.2) is 0 Å². The number of halogens is 5. The van der Waals surface area contributed by atoms with E-state index in [1.54, 1.807) is 6.07 Å². The fraction of sp³-hybridized carbons (Fsp3) is 0.200. The van der Waals surface area contributed by atoms with E-state index in [-0.39, 0.29) is 12.0 Å². The van der Waals surface area contributed by atoms with E-state index < -0.39 is 23.7 Å². The van der Waals surface area contributed by atoms with Gasteiger partial charge in [-0.2, -0.15) is 13.2 Å². The number of benzene rings is 1. The molecule has 123 valence electrons. The molecule has 2 rings (SSSR count). The Labute approximate surface area is 148 Å². The molecule has 1 radical (unpaired) electrons. The molecule has 1 unspecified atom stereocenters. The lowest BCUT2D eigenvalue weighted by Crippen LogP contribution is -2.34. The van der Waals surface area contributed by atoms with Gasteiger partial charge in [0.2, 0.25) is 0 Å². The minimum atomic E-state index is -4.44. The smallest absolute Gasteiger partial charge is 0.348 e. The molecular formula is C15H11BrClF3NOS. The molecule has 0 aliphatic rings. The summed E-state index contributed by atoms with van der Waals surface area (Å²) in [6, 6.07) is 6.10. The second-order valence-corrected chi connectivity index (χ2v) is 7.27. The SMILES string of the molecule is [CH2]C(Cc1ccccc1C(F)(F)F)NC(=O)c1cc(Br)c(Cl)s1. The molecule has 1 aromatic carbocycles. The van der Waals surface area contributed by atoms with Crippen LogP contribution in [0, 0.1) is 6.92 Å². The Hall–Kier alpha value is -1.05. The molecule has 0 fully saturated rings. The summed E-state index contributed by atoms with van der Waals surface area (Å²) < 4.78 is 39.9. The first kappa shape index (κ1) is 18.3. The van der Waals surface area contributed by atoms with E-state index in [2.05, 4.69) is 28.2 Å². The van der Waals surface area contributed by atoms with Crippen molar-refractivity contribution < 1.29 is 18.0 Å². The number of rotatable bonds is 4. The van der Waals surface area contributed by atoms with E-state index in [0.29, 0.717) is 13.7 Å². The van der Waals surface area contributed by atoms with Crippen molar-refractivity contribution in [2.24, 2.45) is 0 Å². The maximum absolute atomic E-state index is 12.9. The number of hydrogen-bond acceptors (Lipinski definition) is 2. The normalized spacial score (nSPS) is 13.0. The fourth-order valence-electron chi connectivity index (χ4n) is 2.01. The van der Waals surface area contributed by atoms with E-state index in [9.17, 15) is 18.0 Å². The van der Waals surface area contributed by atoms with E-state index in [1.165, 1.54) is 18.2 Å². The molecule has 2 nitrogen and oxygen atoms in total. The zero-order valence-electron chi connectivity index (χ0n) is 11.6. The molecule has 8 heteroatoms. The maximum Gasteiger partial charge on any atom is 0.416 e. The van der Waals surface area contributed by atoms with Gasteiger partial charge in [-0.1, -0.05) is 29.8 Å². The van der Waals surface area contributed by atoms with E-state index in [1.807, 2.05) is 0 Å².